The van der Waals surface area contributed by atoms with Crippen molar-refractivity contribution in [3.8, 4) is 0 Å². The van der Waals surface area contributed by atoms with E-state index >= 15 is 0 Å². The largest absolute Gasteiger partial charge is 0.344 e. The number of nitrogens with zero attached hydrogens (tertiary/aromatic N) is 1. The molecule has 1 N–H and O–H groups in total. The fourth-order valence-electron chi connectivity index (χ4n) is 1.23. The predicted molar refractivity (Wildman–Crippen MR) is 80.0 cm³/mol. The van der Waals surface area contributed by atoms with Gasteiger partial charge in [0.25, 0.3) is 5.91 Å². The number of hydrogen-bond donors (Lipinski definition) is 1. The fraction of sp³-hybridized carbons (Fsp3) is 0.455. The summed E-state index contributed by atoms with van der Waals surface area (Å²) in [4.78, 5) is 16.2. The van der Waals surface area contributed by atoms with E-state index in [1.165, 1.54) is 0 Å². The van der Waals surface area contributed by atoms with Crippen LogP contribution in [0.4, 0.5) is 0 Å². The number of nitrogens with one attached hydrogen (secondary N) is 1. The maximum Gasteiger partial charge on any atom is 0.271 e. The van der Waals surface area contributed by atoms with Crippen molar-refractivity contribution in [3.63, 3.8) is 0 Å². The van der Waals surface area contributed by atoms with Gasteiger partial charge in [-0.05, 0) is 34.5 Å². The average Bonchev–Trinajstić information content (AvgIpc) is 2.36. The van der Waals surface area contributed by atoms with Gasteiger partial charge in [-0.1, -0.05) is 38.8 Å². The van der Waals surface area contributed by atoms with Gasteiger partial charge in [0, 0.05) is 21.3 Å². The molecular weight excluding hydrogens is 416 g/mol. The van der Waals surface area contributed by atoms with Crippen molar-refractivity contribution in [2.24, 2.45) is 0 Å². The summed E-state index contributed by atoms with van der Waals surface area (Å²) in [7, 11) is 0. The van der Waals surface area contributed by atoms with Crippen molar-refractivity contribution in [2.75, 3.05) is 10.7 Å². The van der Waals surface area contributed by atoms with Crippen LogP contribution >= 0.6 is 47.8 Å². The smallest absolute Gasteiger partial charge is 0.271 e. The van der Waals surface area contributed by atoms with E-state index in [-0.39, 0.29) is 11.4 Å². The summed E-state index contributed by atoms with van der Waals surface area (Å²) >= 11 is 10.2. The van der Waals surface area contributed by atoms with Gasteiger partial charge in [-0.2, -0.15) is 0 Å². The molecule has 0 bridgehead atoms. The first-order valence-electron chi connectivity index (χ1n) is 5.13. The number of pyridine rings is 1. The Bertz CT molecular complexity index is 386. The van der Waals surface area contributed by atoms with E-state index in [2.05, 4.69) is 58.1 Å². The summed E-state index contributed by atoms with van der Waals surface area (Å²) in [6, 6.07) is 3.58. The van der Waals surface area contributed by atoms with Crippen molar-refractivity contribution in [3.05, 3.63) is 28.5 Å². The lowest BCUT2D eigenvalue weighted by Gasteiger charge is -2.29. The number of halogens is 3. The zero-order chi connectivity index (χ0) is 12.9. The molecule has 0 unspecified atom stereocenters. The second kappa shape index (κ2) is 6.85. The van der Waals surface area contributed by atoms with Gasteiger partial charge in [0.1, 0.15) is 5.69 Å². The molecule has 0 aliphatic carbocycles. The molecule has 1 aromatic rings. The van der Waals surface area contributed by atoms with Gasteiger partial charge < -0.3 is 5.32 Å². The highest BCUT2D eigenvalue weighted by atomic mass is 79.9. The second-order valence-electron chi connectivity index (χ2n) is 3.69. The number of alkyl halides is 2. The van der Waals surface area contributed by atoms with Crippen LogP contribution in [0.3, 0.4) is 0 Å². The van der Waals surface area contributed by atoms with Gasteiger partial charge in [-0.3, -0.25) is 4.79 Å². The van der Waals surface area contributed by atoms with Gasteiger partial charge >= 0.3 is 0 Å². The zero-order valence-corrected chi connectivity index (χ0v) is 14.1. The number of carbonyl (C=O) groups excluding carboxylic acids is 1. The van der Waals surface area contributed by atoms with Crippen molar-refractivity contribution in [2.45, 2.75) is 18.9 Å². The van der Waals surface area contributed by atoms with Gasteiger partial charge in [0.15, 0.2) is 0 Å². The lowest BCUT2D eigenvalue weighted by atomic mass is 10.0. The minimum atomic E-state index is -0.284. The highest BCUT2D eigenvalue weighted by Gasteiger charge is 2.29. The number of aromatic nitrogens is 1. The minimum absolute atomic E-state index is 0.168. The van der Waals surface area contributed by atoms with E-state index in [0.29, 0.717) is 20.8 Å². The molecule has 3 nitrogen and oxygen atoms in total. The third kappa shape index (κ3) is 3.76. The molecule has 0 saturated heterocycles. The SMILES string of the molecule is CCC(CBr)(CBr)NC(=O)c1ncccc1Br. The van der Waals surface area contributed by atoms with Crippen LogP contribution in [-0.4, -0.2) is 27.1 Å². The normalized spacial score (nSPS) is 11.3. The number of rotatable bonds is 5. The van der Waals surface area contributed by atoms with Crippen molar-refractivity contribution in [1.82, 2.24) is 10.3 Å². The van der Waals surface area contributed by atoms with E-state index in [1.807, 2.05) is 6.92 Å². The molecule has 0 aliphatic rings. The van der Waals surface area contributed by atoms with Crippen LogP contribution in [0.1, 0.15) is 23.8 Å². The summed E-state index contributed by atoms with van der Waals surface area (Å²) in [5.74, 6) is -0.168. The van der Waals surface area contributed by atoms with E-state index in [9.17, 15) is 4.79 Å². The summed E-state index contributed by atoms with van der Waals surface area (Å²) in [5, 5.41) is 4.40. The second-order valence-corrected chi connectivity index (χ2v) is 5.66. The van der Waals surface area contributed by atoms with E-state index in [0.717, 1.165) is 6.42 Å². The molecule has 94 valence electrons. The third-order valence-electron chi connectivity index (χ3n) is 2.54. The van der Waals surface area contributed by atoms with Crippen molar-refractivity contribution >= 4 is 53.7 Å². The van der Waals surface area contributed by atoms with Crippen LogP contribution < -0.4 is 5.32 Å². The van der Waals surface area contributed by atoms with Gasteiger partial charge in [-0.25, -0.2) is 4.98 Å². The average molecular weight is 429 g/mol. The number of carbonyl (C=O) groups is 1. The first kappa shape index (κ1) is 15.1. The minimum Gasteiger partial charge on any atom is -0.344 e. The molecule has 0 saturated carbocycles. The fourth-order valence-corrected chi connectivity index (χ4v) is 3.67. The molecule has 0 fully saturated rings. The van der Waals surface area contributed by atoms with Crippen molar-refractivity contribution < 1.29 is 4.79 Å². The van der Waals surface area contributed by atoms with Crippen LogP contribution in [-0.2, 0) is 0 Å². The highest BCUT2D eigenvalue weighted by molar-refractivity contribution is 9.10. The summed E-state index contributed by atoms with van der Waals surface area (Å²) < 4.78 is 0.701. The Morgan fingerprint density at radius 2 is 2.12 bits per heavy atom. The lowest BCUT2D eigenvalue weighted by molar-refractivity contribution is 0.0909. The van der Waals surface area contributed by atoms with E-state index in [4.69, 9.17) is 0 Å². The summed E-state index contributed by atoms with van der Waals surface area (Å²) in [5.41, 5.74) is 0.126. The maximum atomic E-state index is 12.1. The Morgan fingerprint density at radius 1 is 1.47 bits per heavy atom. The Morgan fingerprint density at radius 3 is 2.59 bits per heavy atom. The summed E-state index contributed by atoms with van der Waals surface area (Å²) in [6.07, 6.45) is 2.44. The monoisotopic (exact) mass is 426 g/mol. The van der Waals surface area contributed by atoms with Crippen LogP contribution in [0.5, 0.6) is 0 Å². The Hall–Kier alpha value is 0.0600. The zero-order valence-electron chi connectivity index (χ0n) is 9.34. The molecule has 0 atom stereocenters. The van der Waals surface area contributed by atoms with Crippen LogP contribution in [0.15, 0.2) is 22.8 Å². The number of amides is 1. The molecular formula is C11H13Br3N2O. The van der Waals surface area contributed by atoms with Crippen LogP contribution in [0.2, 0.25) is 0 Å². The van der Waals surface area contributed by atoms with Gasteiger partial charge in [0.2, 0.25) is 0 Å². The Balaban J connectivity index is 2.89. The third-order valence-corrected chi connectivity index (χ3v) is 5.33. The van der Waals surface area contributed by atoms with Gasteiger partial charge in [0.05, 0.1) is 5.54 Å². The molecule has 0 aromatic carbocycles. The predicted octanol–water partition coefficient (Wildman–Crippen LogP) is 3.51. The Kier molecular flexibility index (Phi) is 6.09. The molecule has 17 heavy (non-hydrogen) atoms. The first-order chi connectivity index (χ1) is 8.08. The van der Waals surface area contributed by atoms with E-state index < -0.39 is 0 Å². The highest BCUT2D eigenvalue weighted by Crippen LogP contribution is 2.19. The molecule has 1 heterocycles. The van der Waals surface area contributed by atoms with E-state index in [1.54, 1.807) is 18.3 Å². The Labute approximate surface area is 126 Å². The first-order valence-corrected chi connectivity index (χ1v) is 8.17. The summed E-state index contributed by atoms with van der Waals surface area (Å²) in [6.45, 7) is 2.04. The molecule has 1 amide bonds. The lowest BCUT2D eigenvalue weighted by Crippen LogP contribution is -2.51. The molecule has 0 spiro atoms. The van der Waals surface area contributed by atoms with Crippen LogP contribution in [0, 0.1) is 0 Å². The van der Waals surface area contributed by atoms with Crippen LogP contribution in [0.25, 0.3) is 0 Å². The standard InChI is InChI=1S/C11H13Br3N2O/c1-2-11(6-12,7-13)16-10(17)9-8(14)4-3-5-15-9/h3-5H,2,6-7H2,1H3,(H,16,17). The van der Waals surface area contributed by atoms with Gasteiger partial charge in [-0.15, -0.1) is 0 Å². The van der Waals surface area contributed by atoms with Crippen molar-refractivity contribution in [1.29, 1.82) is 0 Å². The molecule has 6 heteroatoms. The molecule has 1 rings (SSSR count). The molecule has 0 radical (unpaired) electrons. The topological polar surface area (TPSA) is 42.0 Å². The maximum absolute atomic E-state index is 12.1. The molecule has 1 aromatic heterocycles. The molecule has 0 aliphatic heterocycles. The quantitative estimate of drug-likeness (QED) is 0.729. The number of hydrogen-bond acceptors (Lipinski definition) is 2.